The Morgan fingerprint density at radius 2 is 2.33 bits per heavy atom. The summed E-state index contributed by atoms with van der Waals surface area (Å²) >= 11 is 0. The van der Waals surface area contributed by atoms with Crippen LogP contribution < -0.4 is 4.74 Å². The number of hydrogen-bond donors (Lipinski definition) is 0. The van der Waals surface area contributed by atoms with Crippen molar-refractivity contribution in [1.82, 2.24) is 4.57 Å². The van der Waals surface area contributed by atoms with Gasteiger partial charge in [-0.3, -0.25) is 0 Å². The van der Waals surface area contributed by atoms with E-state index in [4.69, 9.17) is 9.47 Å². The summed E-state index contributed by atoms with van der Waals surface area (Å²) in [6, 6.07) is 1.93. The van der Waals surface area contributed by atoms with Gasteiger partial charge in [-0.1, -0.05) is 0 Å². The monoisotopic (exact) mass is 209 g/mol. The fourth-order valence-corrected chi connectivity index (χ4v) is 2.00. The van der Waals surface area contributed by atoms with E-state index >= 15 is 0 Å². The van der Waals surface area contributed by atoms with Gasteiger partial charge in [0.25, 0.3) is 0 Å². The third kappa shape index (κ3) is 1.84. The molecule has 15 heavy (non-hydrogen) atoms. The number of fused-ring (bicyclic) bond motifs is 1. The van der Waals surface area contributed by atoms with Crippen LogP contribution in [0.1, 0.15) is 24.6 Å². The number of nitrogens with zero attached hydrogens (tertiary/aromatic N) is 1. The third-order valence-electron chi connectivity index (χ3n) is 2.71. The lowest BCUT2D eigenvalue weighted by Gasteiger charge is -2.06. The summed E-state index contributed by atoms with van der Waals surface area (Å²) in [5.41, 5.74) is 2.56. The normalized spacial score (nSPS) is 13.7. The maximum Gasteiger partial charge on any atom is 0.515 e. The molecule has 0 fully saturated rings. The first-order valence-electron chi connectivity index (χ1n) is 5.24. The molecule has 0 N–H and O–H groups in total. The molecule has 0 aliphatic heterocycles. The van der Waals surface area contributed by atoms with Crippen molar-refractivity contribution in [3.05, 3.63) is 17.3 Å². The lowest BCUT2D eigenvalue weighted by Crippen LogP contribution is -2.12. The van der Waals surface area contributed by atoms with Crippen molar-refractivity contribution in [3.63, 3.8) is 0 Å². The van der Waals surface area contributed by atoms with Gasteiger partial charge < -0.3 is 14.0 Å². The van der Waals surface area contributed by atoms with E-state index in [1.54, 1.807) is 6.92 Å². The Bertz CT molecular complexity index is 381. The van der Waals surface area contributed by atoms with Crippen molar-refractivity contribution >= 4 is 6.16 Å². The van der Waals surface area contributed by atoms with E-state index in [1.807, 2.05) is 17.7 Å². The van der Waals surface area contributed by atoms with Crippen LogP contribution in [0.3, 0.4) is 0 Å². The largest absolute Gasteiger partial charge is 0.515 e. The number of aryl methyl sites for hydroxylation is 1. The molecule has 82 valence electrons. The van der Waals surface area contributed by atoms with Crippen molar-refractivity contribution < 1.29 is 14.3 Å². The van der Waals surface area contributed by atoms with Crippen LogP contribution in [0.25, 0.3) is 0 Å². The minimum absolute atomic E-state index is 0.336. The minimum Gasteiger partial charge on any atom is -0.434 e. The number of hydrogen-bond acceptors (Lipinski definition) is 3. The van der Waals surface area contributed by atoms with Gasteiger partial charge in [-0.15, -0.1) is 0 Å². The van der Waals surface area contributed by atoms with Gasteiger partial charge >= 0.3 is 6.16 Å². The van der Waals surface area contributed by atoms with Crippen LogP contribution in [0.5, 0.6) is 5.88 Å². The highest BCUT2D eigenvalue weighted by Crippen LogP contribution is 2.29. The van der Waals surface area contributed by atoms with E-state index in [0.717, 1.165) is 12.8 Å². The molecule has 1 aromatic rings. The standard InChI is InChI=1S/C11H15NO3/c1-3-14-11(13)15-10-7-8-5-4-6-9(8)12(10)2/h7H,3-6H2,1-2H3. The predicted octanol–water partition coefficient (Wildman–Crippen LogP) is 2.05. The zero-order chi connectivity index (χ0) is 10.8. The summed E-state index contributed by atoms with van der Waals surface area (Å²) in [7, 11) is 1.92. The predicted molar refractivity (Wildman–Crippen MR) is 55.1 cm³/mol. The van der Waals surface area contributed by atoms with Crippen LogP contribution in [0, 0.1) is 0 Å². The number of carbonyl (C=O) groups excluding carboxylic acids is 1. The molecule has 0 spiro atoms. The average molecular weight is 209 g/mol. The van der Waals surface area contributed by atoms with Gasteiger partial charge in [-0.05, 0) is 31.7 Å². The summed E-state index contributed by atoms with van der Waals surface area (Å²) in [4.78, 5) is 11.1. The zero-order valence-electron chi connectivity index (χ0n) is 9.08. The molecule has 2 rings (SSSR count). The summed E-state index contributed by atoms with van der Waals surface area (Å²) in [5.74, 6) is 0.582. The molecule has 0 aromatic carbocycles. The molecule has 4 heteroatoms. The van der Waals surface area contributed by atoms with Crippen LogP contribution in [-0.2, 0) is 24.6 Å². The molecular formula is C11H15NO3. The van der Waals surface area contributed by atoms with Crippen molar-refractivity contribution in [2.24, 2.45) is 7.05 Å². The van der Waals surface area contributed by atoms with Crippen LogP contribution in [0.15, 0.2) is 6.07 Å². The Balaban J connectivity index is 2.13. The lowest BCUT2D eigenvalue weighted by molar-refractivity contribution is 0.101. The lowest BCUT2D eigenvalue weighted by atomic mass is 10.3. The highest BCUT2D eigenvalue weighted by atomic mass is 16.7. The first-order chi connectivity index (χ1) is 7.22. The van der Waals surface area contributed by atoms with Gasteiger partial charge in [0.2, 0.25) is 5.88 Å². The van der Waals surface area contributed by atoms with Crippen molar-refractivity contribution in [2.75, 3.05) is 6.61 Å². The average Bonchev–Trinajstić information content (AvgIpc) is 2.72. The molecule has 0 saturated heterocycles. The molecule has 0 amide bonds. The molecule has 4 nitrogen and oxygen atoms in total. The Kier molecular flexibility index (Phi) is 2.66. The second-order valence-corrected chi connectivity index (χ2v) is 3.65. The quantitative estimate of drug-likeness (QED) is 0.700. The number of rotatable bonds is 2. The number of aromatic nitrogens is 1. The molecule has 0 bridgehead atoms. The van der Waals surface area contributed by atoms with Crippen LogP contribution >= 0.6 is 0 Å². The first-order valence-corrected chi connectivity index (χ1v) is 5.24. The molecule has 1 heterocycles. The van der Waals surface area contributed by atoms with E-state index in [9.17, 15) is 4.79 Å². The summed E-state index contributed by atoms with van der Waals surface area (Å²) in [6.07, 6.45) is 2.71. The molecule has 0 saturated carbocycles. The smallest absolute Gasteiger partial charge is 0.434 e. The van der Waals surface area contributed by atoms with E-state index in [-0.39, 0.29) is 0 Å². The molecule has 0 unspecified atom stereocenters. The van der Waals surface area contributed by atoms with Gasteiger partial charge in [0.05, 0.1) is 6.61 Å². The van der Waals surface area contributed by atoms with Crippen LogP contribution in [0.2, 0.25) is 0 Å². The van der Waals surface area contributed by atoms with E-state index < -0.39 is 6.16 Å². The van der Waals surface area contributed by atoms with E-state index in [2.05, 4.69) is 0 Å². The molecule has 1 aromatic heterocycles. The molecule has 0 atom stereocenters. The minimum atomic E-state index is -0.628. The summed E-state index contributed by atoms with van der Waals surface area (Å²) < 4.78 is 11.7. The highest BCUT2D eigenvalue weighted by molar-refractivity contribution is 5.63. The fraction of sp³-hybridized carbons (Fsp3) is 0.545. The van der Waals surface area contributed by atoms with Gasteiger partial charge in [0, 0.05) is 18.8 Å². The Morgan fingerprint density at radius 1 is 1.53 bits per heavy atom. The van der Waals surface area contributed by atoms with Crippen LogP contribution in [0.4, 0.5) is 4.79 Å². The maximum atomic E-state index is 11.1. The Morgan fingerprint density at radius 3 is 3.00 bits per heavy atom. The number of ether oxygens (including phenoxy) is 2. The Labute approximate surface area is 88.8 Å². The van der Waals surface area contributed by atoms with Gasteiger partial charge in [0.1, 0.15) is 0 Å². The van der Waals surface area contributed by atoms with Gasteiger partial charge in [0.15, 0.2) is 0 Å². The summed E-state index contributed by atoms with van der Waals surface area (Å²) in [5, 5.41) is 0. The summed E-state index contributed by atoms with van der Waals surface area (Å²) in [6.45, 7) is 2.09. The second-order valence-electron chi connectivity index (χ2n) is 3.65. The topological polar surface area (TPSA) is 40.5 Å². The molecule has 1 aliphatic carbocycles. The van der Waals surface area contributed by atoms with Gasteiger partial charge in [-0.25, -0.2) is 4.79 Å². The van der Waals surface area contributed by atoms with E-state index in [0.29, 0.717) is 12.5 Å². The van der Waals surface area contributed by atoms with Crippen molar-refractivity contribution in [1.29, 1.82) is 0 Å². The first kappa shape index (κ1) is 10.1. The molecular weight excluding hydrogens is 194 g/mol. The molecule has 0 radical (unpaired) electrons. The van der Waals surface area contributed by atoms with Gasteiger partial charge in [-0.2, -0.15) is 0 Å². The van der Waals surface area contributed by atoms with Crippen molar-refractivity contribution in [2.45, 2.75) is 26.2 Å². The van der Waals surface area contributed by atoms with Crippen molar-refractivity contribution in [3.8, 4) is 5.88 Å². The fourth-order valence-electron chi connectivity index (χ4n) is 2.00. The zero-order valence-corrected chi connectivity index (χ0v) is 9.08. The SMILES string of the molecule is CCOC(=O)Oc1cc2c(n1C)CCC2. The van der Waals surface area contributed by atoms with E-state index in [1.165, 1.54) is 17.7 Å². The van der Waals surface area contributed by atoms with Crippen LogP contribution in [-0.4, -0.2) is 17.3 Å². The third-order valence-corrected chi connectivity index (χ3v) is 2.71. The number of carbonyl (C=O) groups is 1. The Hall–Kier alpha value is -1.45. The maximum absolute atomic E-state index is 11.1. The second kappa shape index (κ2) is 3.96. The molecule has 1 aliphatic rings. The highest BCUT2D eigenvalue weighted by Gasteiger charge is 2.19.